The molecule has 0 aromatic rings. The minimum atomic E-state index is -0.918. The van der Waals surface area contributed by atoms with Crippen molar-refractivity contribution < 1.29 is 47.6 Å². The molecule has 0 saturated carbocycles. The number of likely N-dealkylation sites (N-methyl/N-ethyl adjacent to an activating group) is 1. The Balaban J connectivity index is 5.59. The minimum absolute atomic E-state index is 0.0319. The van der Waals surface area contributed by atoms with Crippen LogP contribution in [0.25, 0.3) is 0 Å². The third-order valence-corrected chi connectivity index (χ3v) is 6.99. The summed E-state index contributed by atoms with van der Waals surface area (Å²) in [6.45, 7) is 3.33. The Morgan fingerprint density at radius 2 is 1.18 bits per heavy atom. The van der Waals surface area contributed by atoms with Gasteiger partial charge in [-0.3, -0.25) is 19.2 Å². The Labute approximate surface area is 269 Å². The number of unbranched alkanes of at least 4 members (excludes halogenated alkanes) is 1. The number of Topliss-reactive ketones (excluding diaryl/α,β-unsaturated/α-hetero) is 2. The second-order valence-electron chi connectivity index (χ2n) is 11.0. The van der Waals surface area contributed by atoms with E-state index in [2.05, 4.69) is 16.0 Å². The molecule has 0 aliphatic rings. The highest BCUT2D eigenvalue weighted by Gasteiger charge is 2.36. The van der Waals surface area contributed by atoms with Crippen molar-refractivity contribution in [3.8, 4) is 0 Å². The van der Waals surface area contributed by atoms with Crippen LogP contribution in [0.5, 0.6) is 0 Å². The van der Waals surface area contributed by atoms with E-state index < -0.39 is 11.5 Å². The summed E-state index contributed by atoms with van der Waals surface area (Å²) in [6.07, 6.45) is 3.84. The molecule has 1 atom stereocenters. The van der Waals surface area contributed by atoms with Crippen molar-refractivity contribution in [2.75, 3.05) is 107 Å². The smallest absolute Gasteiger partial charge is 0.222 e. The van der Waals surface area contributed by atoms with Gasteiger partial charge in [-0.15, -0.1) is 0 Å². The third kappa shape index (κ3) is 23.9. The molecule has 0 aliphatic carbocycles. The van der Waals surface area contributed by atoms with Crippen LogP contribution in [0.4, 0.5) is 0 Å². The molecule has 0 rings (SSSR count). The van der Waals surface area contributed by atoms with Crippen molar-refractivity contribution >= 4 is 23.4 Å². The fraction of sp³-hybridized carbons (Fsp3) is 0.871. The minimum Gasteiger partial charge on any atom is -0.385 e. The molecule has 5 N–H and O–H groups in total. The maximum absolute atomic E-state index is 13.6. The first-order chi connectivity index (χ1) is 21.8. The van der Waals surface area contributed by atoms with Crippen LogP contribution in [0.3, 0.4) is 0 Å². The Hall–Kier alpha value is -2.04. The Bertz CT molecular complexity index is 713. The van der Waals surface area contributed by atoms with Crippen molar-refractivity contribution in [1.29, 1.82) is 0 Å². The number of carbonyl (C=O) groups is 4. The van der Waals surface area contributed by atoms with Gasteiger partial charge >= 0.3 is 0 Å². The van der Waals surface area contributed by atoms with Crippen molar-refractivity contribution in [2.45, 2.75) is 63.8 Å². The van der Waals surface area contributed by atoms with Gasteiger partial charge in [-0.1, -0.05) is 6.42 Å². The zero-order chi connectivity index (χ0) is 33.6. The molecule has 0 fully saturated rings. The monoisotopic (exact) mass is 648 g/mol. The van der Waals surface area contributed by atoms with Gasteiger partial charge in [0.25, 0.3) is 0 Å². The van der Waals surface area contributed by atoms with Gasteiger partial charge in [-0.2, -0.15) is 0 Å². The van der Waals surface area contributed by atoms with E-state index in [1.54, 1.807) is 28.4 Å². The summed E-state index contributed by atoms with van der Waals surface area (Å²) in [4.78, 5) is 50.1. The highest BCUT2D eigenvalue weighted by Crippen LogP contribution is 2.27. The summed E-state index contributed by atoms with van der Waals surface area (Å²) in [7, 11) is 6.46. The zero-order valence-corrected chi connectivity index (χ0v) is 28.1. The van der Waals surface area contributed by atoms with Crippen LogP contribution in [0, 0.1) is 5.41 Å². The standard InChI is InChI=1S/C31H60N4O10/c1-33-27(9-5-6-13-32)28(37)22-31(23-43-17-10-26(36)8-7-16-40-2,24-44-18-11-29(38)34-14-20-41-3)25-45-19-12-30(39)35-15-21-42-4/h27,33H,5-25,32H2,1-4H3,(H,34,38)(H,35,39). The first-order valence-corrected chi connectivity index (χ1v) is 15.9. The molecular formula is C31H60N4O10. The summed E-state index contributed by atoms with van der Waals surface area (Å²) in [6, 6.07) is -0.392. The fourth-order valence-electron chi connectivity index (χ4n) is 4.41. The van der Waals surface area contributed by atoms with Gasteiger partial charge in [-0.05, 0) is 32.9 Å². The predicted molar refractivity (Wildman–Crippen MR) is 170 cm³/mol. The molecule has 2 amide bonds. The van der Waals surface area contributed by atoms with Crippen LogP contribution in [0.1, 0.15) is 57.8 Å². The first-order valence-electron chi connectivity index (χ1n) is 15.9. The lowest BCUT2D eigenvalue weighted by atomic mass is 9.82. The largest absolute Gasteiger partial charge is 0.385 e. The molecule has 14 heteroatoms. The van der Waals surface area contributed by atoms with E-state index in [9.17, 15) is 19.2 Å². The molecule has 0 heterocycles. The fourth-order valence-corrected chi connectivity index (χ4v) is 4.41. The van der Waals surface area contributed by atoms with E-state index in [1.165, 1.54) is 0 Å². The Morgan fingerprint density at radius 3 is 1.64 bits per heavy atom. The van der Waals surface area contributed by atoms with Gasteiger partial charge in [-0.25, -0.2) is 0 Å². The number of nitrogens with one attached hydrogen (secondary N) is 3. The van der Waals surface area contributed by atoms with E-state index in [0.29, 0.717) is 58.7 Å². The molecule has 264 valence electrons. The number of hydrogen-bond donors (Lipinski definition) is 4. The third-order valence-electron chi connectivity index (χ3n) is 6.99. The zero-order valence-electron chi connectivity index (χ0n) is 28.1. The van der Waals surface area contributed by atoms with Crippen molar-refractivity contribution in [2.24, 2.45) is 11.1 Å². The average Bonchev–Trinajstić information content (AvgIpc) is 3.02. The second kappa shape index (κ2) is 29.4. The number of ether oxygens (including phenoxy) is 6. The summed E-state index contributed by atoms with van der Waals surface area (Å²) in [5.41, 5.74) is 4.73. The number of rotatable bonds is 33. The summed E-state index contributed by atoms with van der Waals surface area (Å²) >= 11 is 0. The predicted octanol–water partition coefficient (Wildman–Crippen LogP) is 0.390. The lowest BCUT2D eigenvalue weighted by molar-refractivity contribution is -0.134. The van der Waals surface area contributed by atoms with Crippen LogP contribution < -0.4 is 21.7 Å². The Morgan fingerprint density at radius 1 is 0.667 bits per heavy atom. The molecule has 0 radical (unpaired) electrons. The van der Waals surface area contributed by atoms with Crippen molar-refractivity contribution in [3.63, 3.8) is 0 Å². The van der Waals surface area contributed by atoms with Crippen LogP contribution in [-0.2, 0) is 47.6 Å². The molecular weight excluding hydrogens is 588 g/mol. The van der Waals surface area contributed by atoms with Crippen molar-refractivity contribution in [3.05, 3.63) is 0 Å². The number of carbonyl (C=O) groups excluding carboxylic acids is 4. The molecule has 0 saturated heterocycles. The molecule has 0 aromatic heterocycles. The summed E-state index contributed by atoms with van der Waals surface area (Å²) in [5, 5.41) is 8.61. The molecule has 0 aromatic carbocycles. The van der Waals surface area contributed by atoms with E-state index in [0.717, 1.165) is 12.8 Å². The van der Waals surface area contributed by atoms with Crippen LogP contribution >= 0.6 is 0 Å². The van der Waals surface area contributed by atoms with Gasteiger partial charge in [0.15, 0.2) is 5.78 Å². The van der Waals surface area contributed by atoms with Gasteiger partial charge in [0.2, 0.25) is 11.8 Å². The normalized spacial score (nSPS) is 12.2. The molecule has 14 nitrogen and oxygen atoms in total. The molecule has 0 spiro atoms. The maximum atomic E-state index is 13.6. The van der Waals surface area contributed by atoms with E-state index in [-0.39, 0.29) is 88.7 Å². The van der Waals surface area contributed by atoms with Crippen LogP contribution in [0.2, 0.25) is 0 Å². The van der Waals surface area contributed by atoms with Crippen LogP contribution in [-0.4, -0.2) is 137 Å². The Kier molecular flexibility index (Phi) is 28.0. The molecule has 45 heavy (non-hydrogen) atoms. The topological polar surface area (TPSA) is 186 Å². The van der Waals surface area contributed by atoms with E-state index in [1.807, 2.05) is 0 Å². The van der Waals surface area contributed by atoms with Gasteiger partial charge in [0.1, 0.15) is 5.78 Å². The second-order valence-corrected chi connectivity index (χ2v) is 11.0. The number of ketones is 2. The van der Waals surface area contributed by atoms with E-state index >= 15 is 0 Å². The number of nitrogens with two attached hydrogens (primary N) is 1. The number of hydrogen-bond acceptors (Lipinski definition) is 12. The quantitative estimate of drug-likeness (QED) is 0.0719. The molecule has 0 bridgehead atoms. The SMILES string of the molecule is CNC(CCCCN)C(=O)CC(COCCC(=O)CCCOC)(COCCC(=O)NCCOC)COCCC(=O)NCCOC. The lowest BCUT2D eigenvalue weighted by Crippen LogP contribution is -2.44. The summed E-state index contributed by atoms with van der Waals surface area (Å²) in [5.74, 6) is -0.323. The molecule has 1 unspecified atom stereocenters. The van der Waals surface area contributed by atoms with Crippen molar-refractivity contribution in [1.82, 2.24) is 16.0 Å². The van der Waals surface area contributed by atoms with Gasteiger partial charge in [0.05, 0.1) is 58.9 Å². The maximum Gasteiger partial charge on any atom is 0.222 e. The van der Waals surface area contributed by atoms with E-state index in [4.69, 9.17) is 34.2 Å². The number of amides is 2. The van der Waals surface area contributed by atoms with Gasteiger partial charge in [0, 0.05) is 78.5 Å². The summed E-state index contributed by atoms with van der Waals surface area (Å²) < 4.78 is 32.8. The average molecular weight is 649 g/mol. The molecule has 0 aliphatic heterocycles. The highest BCUT2D eigenvalue weighted by atomic mass is 16.5. The van der Waals surface area contributed by atoms with Gasteiger partial charge < -0.3 is 50.1 Å². The van der Waals surface area contributed by atoms with Crippen LogP contribution in [0.15, 0.2) is 0 Å². The lowest BCUT2D eigenvalue weighted by Gasteiger charge is -2.34. The first kappa shape index (κ1) is 43.0. The number of methoxy groups -OCH3 is 3. The highest BCUT2D eigenvalue weighted by molar-refractivity contribution is 5.84.